The molecule has 0 unspecified atom stereocenters. The van der Waals surface area contributed by atoms with Crippen LogP contribution < -0.4 is 9.80 Å². The highest BCUT2D eigenvalue weighted by Crippen LogP contribution is 2.34. The van der Waals surface area contributed by atoms with E-state index in [4.69, 9.17) is 9.47 Å². The third-order valence-corrected chi connectivity index (χ3v) is 7.29. The topological polar surface area (TPSA) is 160 Å². The van der Waals surface area contributed by atoms with Gasteiger partial charge in [-0.15, -0.1) is 10.2 Å². The molecule has 0 aliphatic carbocycles. The van der Waals surface area contributed by atoms with Gasteiger partial charge in [-0.1, -0.05) is 24.3 Å². The second-order valence-electron chi connectivity index (χ2n) is 10.6. The van der Waals surface area contributed by atoms with Crippen molar-refractivity contribution in [2.45, 2.75) is 41.5 Å². The lowest BCUT2D eigenvalue weighted by Crippen LogP contribution is -2.42. The van der Waals surface area contributed by atoms with E-state index in [9.17, 15) is 28.8 Å². The van der Waals surface area contributed by atoms with Gasteiger partial charge >= 0.3 is 11.9 Å². The van der Waals surface area contributed by atoms with Crippen molar-refractivity contribution in [2.24, 2.45) is 0 Å². The summed E-state index contributed by atoms with van der Waals surface area (Å²) in [5.74, 6) is -1.61. The second-order valence-corrected chi connectivity index (χ2v) is 10.6. The number of ether oxygens (including phenoxy) is 2. The number of carbonyl (C=O) groups excluding carboxylic acids is 6. The van der Waals surface area contributed by atoms with Gasteiger partial charge < -0.3 is 19.3 Å². The van der Waals surface area contributed by atoms with Crippen molar-refractivity contribution >= 4 is 68.7 Å². The van der Waals surface area contributed by atoms with E-state index in [1.165, 1.54) is 61.1 Å². The molecule has 0 aliphatic rings. The third kappa shape index (κ3) is 9.43. The van der Waals surface area contributed by atoms with E-state index < -0.39 is 11.9 Å². The molecule has 0 fully saturated rings. The smallest absolute Gasteiger partial charge is 0.302 e. The Kier molecular flexibility index (Phi) is 12.5. The maximum Gasteiger partial charge on any atom is 0.302 e. The quantitative estimate of drug-likeness (QED) is 0.190. The third-order valence-electron chi connectivity index (χ3n) is 7.29. The van der Waals surface area contributed by atoms with Gasteiger partial charge in [0.15, 0.2) is 11.6 Å². The summed E-state index contributed by atoms with van der Waals surface area (Å²) < 4.78 is 9.96. The SMILES string of the molecule is CC(=O)OCCN(CCN(C(C)=O)c1nnc(N(CCN(CCOC(C)=O)C(C)=O)C(C)=O)c2cc3ccccc3cc12)C(C)=O. The summed E-state index contributed by atoms with van der Waals surface area (Å²) >= 11 is 0. The Balaban J connectivity index is 2.03. The minimum absolute atomic E-state index is 0.0180. The van der Waals surface area contributed by atoms with Crippen LogP contribution in [0.1, 0.15) is 41.5 Å². The van der Waals surface area contributed by atoms with Crippen LogP contribution in [0.2, 0.25) is 0 Å². The van der Waals surface area contributed by atoms with Crippen molar-refractivity contribution in [3.8, 4) is 0 Å². The lowest BCUT2D eigenvalue weighted by molar-refractivity contribution is -0.143. The van der Waals surface area contributed by atoms with E-state index in [1.54, 1.807) is 0 Å². The Bertz CT molecular complexity index is 1510. The number of carbonyl (C=O) groups is 6. The molecule has 0 N–H and O–H groups in total. The summed E-state index contributed by atoms with van der Waals surface area (Å²) in [6.07, 6.45) is 0. The van der Waals surface area contributed by atoms with Crippen molar-refractivity contribution in [3.63, 3.8) is 0 Å². The van der Waals surface area contributed by atoms with E-state index in [-0.39, 0.29) is 87.7 Å². The number of rotatable bonds is 14. The van der Waals surface area contributed by atoms with Gasteiger partial charge in [-0.25, -0.2) is 0 Å². The van der Waals surface area contributed by atoms with Crippen LogP contribution in [-0.2, 0) is 38.2 Å². The van der Waals surface area contributed by atoms with Crippen LogP contribution in [0.25, 0.3) is 21.5 Å². The fraction of sp³-hybridized carbons (Fsp3) is 0.438. The normalized spacial score (nSPS) is 10.7. The number of hydrogen-bond donors (Lipinski definition) is 0. The first kappa shape index (κ1) is 35.3. The highest BCUT2D eigenvalue weighted by Gasteiger charge is 2.25. The maximum absolute atomic E-state index is 13.0. The summed E-state index contributed by atoms with van der Waals surface area (Å²) in [7, 11) is 0. The largest absolute Gasteiger partial charge is 0.464 e. The lowest BCUT2D eigenvalue weighted by Gasteiger charge is -2.28. The molecular weight excluding hydrogens is 596 g/mol. The maximum atomic E-state index is 13.0. The van der Waals surface area contributed by atoms with Crippen LogP contribution in [-0.4, -0.2) is 108 Å². The second kappa shape index (κ2) is 16.3. The van der Waals surface area contributed by atoms with Crippen LogP contribution in [0, 0.1) is 0 Å². The summed E-state index contributed by atoms with van der Waals surface area (Å²) in [6.45, 7) is 8.90. The van der Waals surface area contributed by atoms with Gasteiger partial charge in [0.1, 0.15) is 13.2 Å². The van der Waals surface area contributed by atoms with E-state index in [0.717, 1.165) is 10.8 Å². The zero-order chi connectivity index (χ0) is 34.0. The lowest BCUT2D eigenvalue weighted by atomic mass is 10.0. The van der Waals surface area contributed by atoms with Gasteiger partial charge in [-0.3, -0.25) is 38.6 Å². The average Bonchev–Trinajstić information content (AvgIpc) is 2.98. The average molecular weight is 637 g/mol. The molecule has 0 saturated heterocycles. The minimum atomic E-state index is -0.460. The van der Waals surface area contributed by atoms with E-state index in [0.29, 0.717) is 10.8 Å². The van der Waals surface area contributed by atoms with Gasteiger partial charge in [-0.2, -0.15) is 0 Å². The summed E-state index contributed by atoms with van der Waals surface area (Å²) in [5, 5.41) is 11.7. The fourth-order valence-corrected chi connectivity index (χ4v) is 4.93. The molecule has 0 spiro atoms. The molecule has 1 heterocycles. The first-order valence-electron chi connectivity index (χ1n) is 14.8. The summed E-state index contributed by atoms with van der Waals surface area (Å²) in [6, 6.07) is 11.3. The number of benzene rings is 2. The predicted molar refractivity (Wildman–Crippen MR) is 171 cm³/mol. The Labute approximate surface area is 267 Å². The fourth-order valence-electron chi connectivity index (χ4n) is 4.93. The van der Waals surface area contributed by atoms with Crippen molar-refractivity contribution in [2.75, 3.05) is 62.3 Å². The number of amides is 4. The molecule has 14 nitrogen and oxygen atoms in total. The molecule has 2 aromatic carbocycles. The number of fused-ring (bicyclic) bond motifs is 2. The van der Waals surface area contributed by atoms with Crippen LogP contribution in [0.5, 0.6) is 0 Å². The number of anilines is 2. The van der Waals surface area contributed by atoms with Crippen LogP contribution >= 0.6 is 0 Å². The van der Waals surface area contributed by atoms with Crippen molar-refractivity contribution in [1.82, 2.24) is 20.0 Å². The van der Waals surface area contributed by atoms with Gasteiger partial charge in [0.25, 0.3) is 0 Å². The summed E-state index contributed by atoms with van der Waals surface area (Å²) in [5.41, 5.74) is 0. The number of hydrogen-bond acceptors (Lipinski definition) is 10. The molecule has 14 heteroatoms. The minimum Gasteiger partial charge on any atom is -0.464 e. The Morgan fingerprint density at radius 2 is 0.913 bits per heavy atom. The molecule has 3 rings (SSSR count). The Hall–Kier alpha value is -5.14. The molecule has 0 radical (unpaired) electrons. The first-order valence-corrected chi connectivity index (χ1v) is 14.8. The number of nitrogens with zero attached hydrogens (tertiary/aromatic N) is 6. The molecule has 46 heavy (non-hydrogen) atoms. The molecule has 246 valence electrons. The molecule has 3 aromatic rings. The van der Waals surface area contributed by atoms with Gasteiger partial charge in [0.2, 0.25) is 23.6 Å². The molecule has 0 aliphatic heterocycles. The van der Waals surface area contributed by atoms with Crippen LogP contribution in [0.15, 0.2) is 36.4 Å². The van der Waals surface area contributed by atoms with Crippen LogP contribution in [0.3, 0.4) is 0 Å². The molecular formula is C32H40N6O8. The first-order chi connectivity index (χ1) is 21.8. The monoisotopic (exact) mass is 636 g/mol. The zero-order valence-corrected chi connectivity index (χ0v) is 27.1. The van der Waals surface area contributed by atoms with Crippen LogP contribution in [0.4, 0.5) is 11.6 Å². The van der Waals surface area contributed by atoms with Crippen molar-refractivity contribution in [1.29, 1.82) is 0 Å². The van der Waals surface area contributed by atoms with E-state index in [2.05, 4.69) is 10.2 Å². The van der Waals surface area contributed by atoms with Crippen molar-refractivity contribution < 1.29 is 38.2 Å². The highest BCUT2D eigenvalue weighted by atomic mass is 16.5. The highest BCUT2D eigenvalue weighted by molar-refractivity contribution is 6.12. The van der Waals surface area contributed by atoms with Gasteiger partial charge in [0, 0.05) is 78.5 Å². The van der Waals surface area contributed by atoms with E-state index in [1.807, 2.05) is 36.4 Å². The molecule has 0 saturated carbocycles. The zero-order valence-electron chi connectivity index (χ0n) is 27.1. The standard InChI is InChI=1S/C32H40N6O8/c1-21(39)35(15-17-45-25(5)43)11-13-37(23(3)41)31-29-19-27-9-7-8-10-28(27)20-30(29)32(34-33-31)38(24(4)42)14-12-36(22(2)40)16-18-46-26(6)44/h7-10,19-20H,11-18H2,1-6H3. The van der Waals surface area contributed by atoms with E-state index >= 15 is 0 Å². The number of aromatic nitrogens is 2. The van der Waals surface area contributed by atoms with Crippen molar-refractivity contribution in [3.05, 3.63) is 36.4 Å². The molecule has 0 bridgehead atoms. The number of esters is 2. The Morgan fingerprint density at radius 1 is 0.543 bits per heavy atom. The Morgan fingerprint density at radius 3 is 1.22 bits per heavy atom. The molecule has 4 amide bonds. The predicted octanol–water partition coefficient (Wildman–Crippen LogP) is 2.31. The van der Waals surface area contributed by atoms with Gasteiger partial charge in [-0.05, 0) is 22.9 Å². The van der Waals surface area contributed by atoms with Gasteiger partial charge in [0.05, 0.1) is 13.1 Å². The molecule has 1 aromatic heterocycles. The molecule has 0 atom stereocenters. The summed E-state index contributed by atoms with van der Waals surface area (Å²) in [4.78, 5) is 78.7.